The fraction of sp³-hybridized carbons (Fsp3) is 0.136. The fourth-order valence-electron chi connectivity index (χ4n) is 3.06. The molecule has 1 atom stereocenters. The minimum atomic E-state index is -0.607. The van der Waals surface area contributed by atoms with Gasteiger partial charge in [-0.3, -0.25) is 9.78 Å². The summed E-state index contributed by atoms with van der Waals surface area (Å²) in [5, 5.41) is 15.9. The lowest BCUT2D eigenvalue weighted by Crippen LogP contribution is -2.26. The molecule has 0 fully saturated rings. The number of thioether (sulfide) groups is 1. The maximum atomic E-state index is 13.7. The number of aromatic hydroxyl groups is 1. The third kappa shape index (κ3) is 3.73. The molecule has 1 N–H and O–H groups in total. The van der Waals surface area contributed by atoms with Crippen molar-refractivity contribution in [1.29, 1.82) is 0 Å². The molecule has 6 nitrogen and oxygen atoms in total. The number of aromatic nitrogens is 1. The Hall–Kier alpha value is -3.39. The van der Waals surface area contributed by atoms with E-state index >= 15 is 0 Å². The van der Waals surface area contributed by atoms with Crippen molar-refractivity contribution in [3.63, 3.8) is 0 Å². The van der Waals surface area contributed by atoms with Crippen molar-refractivity contribution in [1.82, 2.24) is 9.99 Å². The first kappa shape index (κ1) is 19.9. The minimum Gasteiger partial charge on any atom is -0.507 e. The number of pyridine rings is 1. The van der Waals surface area contributed by atoms with Gasteiger partial charge in [0.2, 0.25) is 0 Å². The highest BCUT2D eigenvalue weighted by Crippen LogP contribution is 2.45. The van der Waals surface area contributed by atoms with Crippen LogP contribution in [0.4, 0.5) is 4.39 Å². The first-order chi connectivity index (χ1) is 14.5. The molecule has 2 heterocycles. The maximum absolute atomic E-state index is 13.7. The van der Waals surface area contributed by atoms with Gasteiger partial charge in [-0.2, -0.15) is 5.10 Å². The average molecular weight is 423 g/mol. The summed E-state index contributed by atoms with van der Waals surface area (Å²) in [5.74, 6) is -0.757. The Bertz CT molecular complexity index is 1130. The number of carbonyl (C=O) groups excluding carboxylic acids is 1. The van der Waals surface area contributed by atoms with Crippen LogP contribution in [0.3, 0.4) is 0 Å². The summed E-state index contributed by atoms with van der Waals surface area (Å²) in [6.07, 6.45) is 1.69. The summed E-state index contributed by atoms with van der Waals surface area (Å²) in [6.45, 7) is 1.88. The van der Waals surface area contributed by atoms with Crippen molar-refractivity contribution >= 4 is 22.7 Å². The van der Waals surface area contributed by atoms with Gasteiger partial charge in [0.05, 0.1) is 12.7 Å². The molecule has 1 unspecified atom stereocenters. The molecule has 0 spiro atoms. The molecule has 0 radical (unpaired) electrons. The van der Waals surface area contributed by atoms with Crippen LogP contribution in [0.15, 0.2) is 65.9 Å². The molecule has 1 amide bonds. The van der Waals surface area contributed by atoms with Crippen LogP contribution in [-0.2, 0) is 0 Å². The lowest BCUT2D eigenvalue weighted by atomic mass is 10.1. The van der Waals surface area contributed by atoms with Gasteiger partial charge in [0.1, 0.15) is 27.7 Å². The van der Waals surface area contributed by atoms with E-state index in [9.17, 15) is 14.3 Å². The van der Waals surface area contributed by atoms with Gasteiger partial charge in [-0.05, 0) is 43.3 Å². The highest BCUT2D eigenvalue weighted by atomic mass is 32.2. The molecule has 4 rings (SSSR count). The van der Waals surface area contributed by atoms with Gasteiger partial charge in [0.15, 0.2) is 0 Å². The molecule has 0 saturated heterocycles. The zero-order chi connectivity index (χ0) is 21.3. The number of halogens is 1. The third-order valence-corrected chi connectivity index (χ3v) is 5.82. The monoisotopic (exact) mass is 423 g/mol. The predicted molar refractivity (Wildman–Crippen MR) is 113 cm³/mol. The second kappa shape index (κ2) is 8.16. The Morgan fingerprint density at radius 1 is 1.20 bits per heavy atom. The van der Waals surface area contributed by atoms with E-state index in [1.54, 1.807) is 24.4 Å². The van der Waals surface area contributed by atoms with Gasteiger partial charge < -0.3 is 9.84 Å². The normalized spacial score (nSPS) is 15.8. The zero-order valence-corrected chi connectivity index (χ0v) is 17.1. The van der Waals surface area contributed by atoms with E-state index in [1.165, 1.54) is 48.1 Å². The van der Waals surface area contributed by atoms with Gasteiger partial charge >= 0.3 is 0 Å². The summed E-state index contributed by atoms with van der Waals surface area (Å²) >= 11 is 1.33. The molecule has 0 bridgehead atoms. The number of hydrazone groups is 1. The topological polar surface area (TPSA) is 75.0 Å². The first-order valence-corrected chi connectivity index (χ1v) is 9.99. The zero-order valence-electron chi connectivity index (χ0n) is 16.2. The largest absolute Gasteiger partial charge is 0.507 e. The number of phenols is 1. The molecule has 1 aliphatic rings. The van der Waals surface area contributed by atoms with Gasteiger partial charge in [0, 0.05) is 29.1 Å². The van der Waals surface area contributed by atoms with Crippen molar-refractivity contribution in [3.8, 4) is 11.5 Å². The SMILES string of the molecule is COc1cc(F)ccc1C1SC(c2ccc(C)nc2)=NN1C(=O)c1ccccc1O. The molecular weight excluding hydrogens is 405 g/mol. The number of hydrogen-bond acceptors (Lipinski definition) is 6. The number of methoxy groups -OCH3 is 1. The van der Waals surface area contributed by atoms with Crippen LogP contribution in [0.2, 0.25) is 0 Å². The lowest BCUT2D eigenvalue weighted by Gasteiger charge is -2.23. The fourth-order valence-corrected chi connectivity index (χ4v) is 4.23. The van der Waals surface area contributed by atoms with Crippen LogP contribution in [0.1, 0.15) is 32.6 Å². The number of rotatable bonds is 4. The quantitative estimate of drug-likeness (QED) is 0.669. The van der Waals surface area contributed by atoms with E-state index in [-0.39, 0.29) is 11.3 Å². The Morgan fingerprint density at radius 3 is 2.70 bits per heavy atom. The highest BCUT2D eigenvalue weighted by molar-refractivity contribution is 8.14. The van der Waals surface area contributed by atoms with Crippen LogP contribution in [-0.4, -0.2) is 33.2 Å². The van der Waals surface area contributed by atoms with E-state index in [4.69, 9.17) is 4.74 Å². The second-order valence-electron chi connectivity index (χ2n) is 6.62. The molecule has 8 heteroatoms. The summed E-state index contributed by atoms with van der Waals surface area (Å²) in [4.78, 5) is 17.6. The minimum absolute atomic E-state index is 0.121. The molecule has 3 aromatic rings. The maximum Gasteiger partial charge on any atom is 0.279 e. The van der Waals surface area contributed by atoms with Crippen LogP contribution < -0.4 is 4.74 Å². The van der Waals surface area contributed by atoms with Crippen LogP contribution in [0.25, 0.3) is 0 Å². The molecule has 1 aromatic heterocycles. The number of para-hydroxylation sites is 1. The van der Waals surface area contributed by atoms with E-state index in [1.807, 2.05) is 19.1 Å². The Morgan fingerprint density at radius 2 is 2.00 bits per heavy atom. The number of nitrogens with zero attached hydrogens (tertiary/aromatic N) is 3. The van der Waals surface area contributed by atoms with E-state index in [0.717, 1.165) is 11.3 Å². The molecule has 1 aliphatic heterocycles. The smallest absolute Gasteiger partial charge is 0.279 e. The molecule has 0 saturated carbocycles. The van der Waals surface area contributed by atoms with Crippen LogP contribution >= 0.6 is 11.8 Å². The number of phenolic OH excluding ortho intramolecular Hbond substituents is 1. The Labute approximate surface area is 177 Å². The molecule has 2 aromatic carbocycles. The van der Waals surface area contributed by atoms with E-state index in [0.29, 0.717) is 16.4 Å². The highest BCUT2D eigenvalue weighted by Gasteiger charge is 2.37. The molecular formula is C22H18FN3O3S. The van der Waals surface area contributed by atoms with Crippen molar-refractivity contribution in [2.24, 2.45) is 5.10 Å². The standard InChI is InChI=1S/C22H18FN3O3S/c1-13-7-8-14(12-24-13)20-25-26(21(28)16-5-3-4-6-18(16)27)22(30-20)17-10-9-15(23)11-19(17)29-2/h3-12,22,27H,1-2H3. The van der Waals surface area contributed by atoms with Gasteiger partial charge in [0.25, 0.3) is 5.91 Å². The van der Waals surface area contributed by atoms with Gasteiger partial charge in [-0.15, -0.1) is 0 Å². The van der Waals surface area contributed by atoms with E-state index in [2.05, 4.69) is 10.1 Å². The lowest BCUT2D eigenvalue weighted by molar-refractivity contribution is 0.0745. The number of hydrogen-bond donors (Lipinski definition) is 1. The van der Waals surface area contributed by atoms with E-state index < -0.39 is 17.1 Å². The first-order valence-electron chi connectivity index (χ1n) is 9.11. The molecule has 152 valence electrons. The summed E-state index contributed by atoms with van der Waals surface area (Å²) in [5.41, 5.74) is 2.33. The Balaban J connectivity index is 1.79. The van der Waals surface area contributed by atoms with Crippen molar-refractivity contribution in [2.75, 3.05) is 7.11 Å². The van der Waals surface area contributed by atoms with Gasteiger partial charge in [-0.1, -0.05) is 23.9 Å². The van der Waals surface area contributed by atoms with Gasteiger partial charge in [-0.25, -0.2) is 9.40 Å². The summed E-state index contributed by atoms with van der Waals surface area (Å²) in [7, 11) is 1.44. The average Bonchev–Trinajstić information content (AvgIpc) is 3.19. The van der Waals surface area contributed by atoms with Crippen LogP contribution in [0.5, 0.6) is 11.5 Å². The molecule has 30 heavy (non-hydrogen) atoms. The third-order valence-electron chi connectivity index (χ3n) is 4.61. The van der Waals surface area contributed by atoms with Crippen molar-refractivity contribution in [2.45, 2.75) is 12.3 Å². The number of benzene rings is 2. The number of amides is 1. The van der Waals surface area contributed by atoms with Crippen molar-refractivity contribution in [3.05, 3.63) is 89.0 Å². The number of aryl methyl sites for hydroxylation is 1. The van der Waals surface area contributed by atoms with Crippen molar-refractivity contribution < 1.29 is 19.0 Å². The summed E-state index contributed by atoms with van der Waals surface area (Å²) < 4.78 is 19.1. The second-order valence-corrected chi connectivity index (χ2v) is 7.69. The predicted octanol–water partition coefficient (Wildman–Crippen LogP) is 4.49. The van der Waals surface area contributed by atoms with Crippen LogP contribution in [0, 0.1) is 12.7 Å². The number of carbonyl (C=O) groups is 1. The number of ether oxygens (including phenoxy) is 1. The Kier molecular flexibility index (Phi) is 5.41. The summed E-state index contributed by atoms with van der Waals surface area (Å²) in [6, 6.07) is 14.2. The molecule has 0 aliphatic carbocycles.